The summed E-state index contributed by atoms with van der Waals surface area (Å²) in [5.74, 6) is 0.0178. The Kier molecular flexibility index (Phi) is 5.92. The van der Waals surface area contributed by atoms with E-state index in [9.17, 15) is 13.2 Å². The number of benzene rings is 1. The van der Waals surface area contributed by atoms with Crippen molar-refractivity contribution in [3.8, 4) is 0 Å². The highest BCUT2D eigenvalue weighted by Gasteiger charge is 2.31. The van der Waals surface area contributed by atoms with Crippen LogP contribution in [0.1, 0.15) is 34.5 Å². The van der Waals surface area contributed by atoms with Gasteiger partial charge in [0, 0.05) is 36.8 Å². The molecule has 0 radical (unpaired) electrons. The Bertz CT molecular complexity index is 1080. The van der Waals surface area contributed by atoms with E-state index in [1.54, 1.807) is 11.0 Å². The first-order chi connectivity index (χ1) is 13.8. The molecule has 1 fully saturated rings. The number of carbonyl (C=O) groups is 1. The Balaban J connectivity index is 1.41. The summed E-state index contributed by atoms with van der Waals surface area (Å²) in [6.07, 6.45) is 4.58. The molecule has 0 bridgehead atoms. The minimum Gasteiger partial charge on any atom is -0.341 e. The van der Waals surface area contributed by atoms with Gasteiger partial charge in [0.15, 0.2) is 3.95 Å². The monoisotopic (exact) mass is 451 g/mol. The summed E-state index contributed by atoms with van der Waals surface area (Å²) >= 11 is 6.56. The normalized spacial score (nSPS) is 17.9. The van der Waals surface area contributed by atoms with E-state index in [1.807, 2.05) is 19.1 Å². The summed E-state index contributed by atoms with van der Waals surface area (Å²) in [5, 5.41) is 0. The van der Waals surface area contributed by atoms with Crippen LogP contribution in [0.25, 0.3) is 0 Å². The predicted octanol–water partition coefficient (Wildman–Crippen LogP) is 3.07. The quantitative estimate of drug-likeness (QED) is 0.725. The minimum atomic E-state index is -3.53. The Morgan fingerprint density at radius 3 is 2.48 bits per heavy atom. The molecule has 6 nitrogen and oxygen atoms in total. The van der Waals surface area contributed by atoms with Crippen LogP contribution in [0.2, 0.25) is 0 Å². The molecule has 0 atom stereocenters. The lowest BCUT2D eigenvalue weighted by Gasteiger charge is -2.34. The van der Waals surface area contributed by atoms with Crippen LogP contribution in [0, 0.1) is 10.9 Å². The van der Waals surface area contributed by atoms with E-state index in [-0.39, 0.29) is 5.91 Å². The first kappa shape index (κ1) is 20.7. The lowest BCUT2D eigenvalue weighted by molar-refractivity contribution is -0.131. The zero-order chi connectivity index (χ0) is 20.6. The molecule has 1 N–H and O–H groups in total. The van der Waals surface area contributed by atoms with Crippen molar-refractivity contribution in [2.75, 3.05) is 26.2 Å². The maximum atomic E-state index is 13.1. The van der Waals surface area contributed by atoms with Gasteiger partial charge in [-0.15, -0.1) is 11.3 Å². The molecule has 1 amide bonds. The molecule has 2 heterocycles. The van der Waals surface area contributed by atoms with Gasteiger partial charge in [-0.2, -0.15) is 4.31 Å². The Morgan fingerprint density at radius 2 is 1.83 bits per heavy atom. The van der Waals surface area contributed by atoms with Crippen LogP contribution in [0.4, 0.5) is 0 Å². The van der Waals surface area contributed by atoms with Crippen molar-refractivity contribution in [2.24, 2.45) is 0 Å². The smallest absolute Gasteiger partial charge is 0.243 e. The molecule has 9 heteroatoms. The van der Waals surface area contributed by atoms with Gasteiger partial charge in [0.2, 0.25) is 15.9 Å². The number of aromatic nitrogens is 1. The first-order valence-corrected chi connectivity index (χ1v) is 12.6. The van der Waals surface area contributed by atoms with Gasteiger partial charge in [0.05, 0.1) is 11.3 Å². The van der Waals surface area contributed by atoms with E-state index in [0.29, 0.717) is 41.4 Å². The molecule has 1 aliphatic heterocycles. The van der Waals surface area contributed by atoms with Crippen LogP contribution in [-0.2, 0) is 34.1 Å². The number of carbonyl (C=O) groups excluding carboxylic acids is 1. The molecule has 1 aliphatic carbocycles. The number of aromatic amines is 1. The number of rotatable bonds is 4. The molecule has 1 aromatic carbocycles. The number of nitrogens with zero attached hydrogens (tertiary/aromatic N) is 2. The third-order valence-corrected chi connectivity index (χ3v) is 9.02. The molecule has 0 unspecified atom stereocenters. The lowest BCUT2D eigenvalue weighted by Crippen LogP contribution is -2.50. The highest BCUT2D eigenvalue weighted by molar-refractivity contribution is 7.89. The summed E-state index contributed by atoms with van der Waals surface area (Å²) in [4.78, 5) is 18.8. The number of sulfonamides is 1. The summed E-state index contributed by atoms with van der Waals surface area (Å²) in [5.41, 5.74) is 3.37. The van der Waals surface area contributed by atoms with Gasteiger partial charge < -0.3 is 9.88 Å². The average Bonchev–Trinajstić information content (AvgIpc) is 3.04. The lowest BCUT2D eigenvalue weighted by atomic mass is 9.92. The van der Waals surface area contributed by atoms with Crippen molar-refractivity contribution in [3.05, 3.63) is 43.9 Å². The molecular formula is C20H25N3O3S3. The number of fused-ring (bicyclic) bond motifs is 1. The minimum absolute atomic E-state index is 0.0178. The third kappa shape index (κ3) is 4.33. The SMILES string of the molecule is Cc1[nH]c(=S)sc1CC(=O)N1CCN(S(=O)(=O)c2ccc3c(c2)CCCC3)CC1. The maximum absolute atomic E-state index is 13.1. The number of piperazine rings is 1. The number of aryl methyl sites for hydroxylation is 3. The molecule has 156 valence electrons. The van der Waals surface area contributed by atoms with Gasteiger partial charge >= 0.3 is 0 Å². The van der Waals surface area contributed by atoms with Crippen molar-refractivity contribution in [1.29, 1.82) is 0 Å². The Morgan fingerprint density at radius 1 is 1.14 bits per heavy atom. The van der Waals surface area contributed by atoms with Crippen molar-refractivity contribution >= 4 is 39.5 Å². The van der Waals surface area contributed by atoms with Crippen LogP contribution in [0.15, 0.2) is 23.1 Å². The summed E-state index contributed by atoms with van der Waals surface area (Å²) in [6, 6.07) is 5.55. The highest BCUT2D eigenvalue weighted by Crippen LogP contribution is 2.26. The van der Waals surface area contributed by atoms with Crippen LogP contribution in [-0.4, -0.2) is 54.7 Å². The molecule has 1 aromatic heterocycles. The van der Waals surface area contributed by atoms with E-state index < -0.39 is 10.0 Å². The number of hydrogen-bond donors (Lipinski definition) is 1. The van der Waals surface area contributed by atoms with Crippen LogP contribution < -0.4 is 0 Å². The Hall–Kier alpha value is -1.55. The van der Waals surface area contributed by atoms with E-state index in [1.165, 1.54) is 27.6 Å². The van der Waals surface area contributed by atoms with Crippen molar-refractivity contribution < 1.29 is 13.2 Å². The molecule has 4 rings (SSSR count). The second kappa shape index (κ2) is 8.29. The highest BCUT2D eigenvalue weighted by atomic mass is 32.2. The molecule has 2 aliphatic rings. The van der Waals surface area contributed by atoms with Crippen molar-refractivity contribution in [2.45, 2.75) is 43.9 Å². The zero-order valence-electron chi connectivity index (χ0n) is 16.4. The van der Waals surface area contributed by atoms with Crippen LogP contribution in [0.5, 0.6) is 0 Å². The topological polar surface area (TPSA) is 73.5 Å². The molecular weight excluding hydrogens is 426 g/mol. The fourth-order valence-electron chi connectivity index (χ4n) is 4.05. The largest absolute Gasteiger partial charge is 0.341 e. The summed E-state index contributed by atoms with van der Waals surface area (Å²) in [6.45, 7) is 3.40. The number of thiazole rings is 1. The fraction of sp³-hybridized carbons (Fsp3) is 0.500. The molecule has 1 saturated heterocycles. The summed E-state index contributed by atoms with van der Waals surface area (Å²) in [7, 11) is -3.53. The first-order valence-electron chi connectivity index (χ1n) is 9.93. The van der Waals surface area contributed by atoms with E-state index in [2.05, 4.69) is 4.98 Å². The number of hydrogen-bond acceptors (Lipinski definition) is 5. The van der Waals surface area contributed by atoms with Crippen LogP contribution >= 0.6 is 23.6 Å². The van der Waals surface area contributed by atoms with Gasteiger partial charge in [0.25, 0.3) is 0 Å². The average molecular weight is 452 g/mol. The Labute approximate surface area is 180 Å². The standard InChI is InChI=1S/C20H25N3O3S3/c1-14-18(28-20(27)21-14)13-19(24)22-8-10-23(11-9-22)29(25,26)17-7-6-15-4-2-3-5-16(15)12-17/h6-7,12H,2-5,8-11,13H2,1H3,(H,21,27). The van der Waals surface area contributed by atoms with Gasteiger partial charge in [-0.1, -0.05) is 6.07 Å². The summed E-state index contributed by atoms with van der Waals surface area (Å²) < 4.78 is 28.4. The number of nitrogens with one attached hydrogen (secondary N) is 1. The third-order valence-electron chi connectivity index (χ3n) is 5.78. The van der Waals surface area contributed by atoms with Crippen LogP contribution in [0.3, 0.4) is 0 Å². The second-order valence-corrected chi connectivity index (χ2v) is 11.4. The number of H-pyrrole nitrogens is 1. The van der Waals surface area contributed by atoms with Gasteiger partial charge in [-0.05, 0) is 68.1 Å². The zero-order valence-corrected chi connectivity index (χ0v) is 18.9. The predicted molar refractivity (Wildman–Crippen MR) is 116 cm³/mol. The molecule has 2 aromatic rings. The molecule has 0 spiro atoms. The van der Waals surface area contributed by atoms with Gasteiger partial charge in [0.1, 0.15) is 0 Å². The van der Waals surface area contributed by atoms with E-state index in [0.717, 1.165) is 35.4 Å². The fourth-order valence-corrected chi connectivity index (χ4v) is 6.81. The molecule has 0 saturated carbocycles. The maximum Gasteiger partial charge on any atom is 0.243 e. The molecule has 29 heavy (non-hydrogen) atoms. The van der Waals surface area contributed by atoms with Gasteiger partial charge in [-0.3, -0.25) is 4.79 Å². The number of amides is 1. The second-order valence-electron chi connectivity index (χ2n) is 7.66. The van der Waals surface area contributed by atoms with E-state index in [4.69, 9.17) is 12.2 Å². The van der Waals surface area contributed by atoms with Crippen molar-refractivity contribution in [1.82, 2.24) is 14.2 Å². The van der Waals surface area contributed by atoms with E-state index >= 15 is 0 Å². The van der Waals surface area contributed by atoms with Crippen molar-refractivity contribution in [3.63, 3.8) is 0 Å². The van der Waals surface area contributed by atoms with Gasteiger partial charge in [-0.25, -0.2) is 8.42 Å².